The molecule has 0 radical (unpaired) electrons. The van der Waals surface area contributed by atoms with Gasteiger partial charge in [0.25, 0.3) is 0 Å². The number of hydrogen-bond donors (Lipinski definition) is 0. The lowest BCUT2D eigenvalue weighted by atomic mass is 10.4. The maximum Gasteiger partial charge on any atom is 0.193 e. The van der Waals surface area contributed by atoms with Gasteiger partial charge in [0, 0.05) is 11.1 Å². The van der Waals surface area contributed by atoms with Crippen LogP contribution < -0.4 is 0 Å². The van der Waals surface area contributed by atoms with Gasteiger partial charge in [-0.3, -0.25) is 0 Å². The third-order valence-electron chi connectivity index (χ3n) is 2.19. The molecule has 0 N–H and O–H groups in total. The molecule has 0 bridgehead atoms. The number of aromatic nitrogens is 2. The van der Waals surface area contributed by atoms with E-state index in [1.165, 1.54) is 11.3 Å². The molecule has 0 spiro atoms. The van der Waals surface area contributed by atoms with Crippen LogP contribution in [0, 0.1) is 13.8 Å². The SMILES string of the molecule is Cc1nccc(CS(=O)(=O)c2ccc(C)s2)n1. The van der Waals surface area contributed by atoms with Crippen molar-refractivity contribution < 1.29 is 8.42 Å². The first-order valence-electron chi connectivity index (χ1n) is 5.05. The third kappa shape index (κ3) is 2.89. The number of nitrogens with zero attached hydrogens (tertiary/aromatic N) is 2. The minimum atomic E-state index is -3.28. The second-order valence-corrected chi connectivity index (χ2v) is 7.22. The third-order valence-corrected chi connectivity index (χ3v) is 5.43. The Morgan fingerprint density at radius 1 is 1.24 bits per heavy atom. The summed E-state index contributed by atoms with van der Waals surface area (Å²) in [7, 11) is -3.28. The molecule has 6 heteroatoms. The molecule has 17 heavy (non-hydrogen) atoms. The molecule has 0 saturated carbocycles. The summed E-state index contributed by atoms with van der Waals surface area (Å²) in [6, 6.07) is 5.08. The summed E-state index contributed by atoms with van der Waals surface area (Å²) in [6.07, 6.45) is 1.58. The van der Waals surface area contributed by atoms with E-state index in [1.54, 1.807) is 25.3 Å². The van der Waals surface area contributed by atoms with Gasteiger partial charge in [-0.25, -0.2) is 18.4 Å². The molecule has 0 atom stereocenters. The molecular weight excluding hydrogens is 256 g/mol. The Morgan fingerprint density at radius 3 is 2.59 bits per heavy atom. The van der Waals surface area contributed by atoms with Crippen LogP contribution >= 0.6 is 11.3 Å². The zero-order valence-corrected chi connectivity index (χ0v) is 11.2. The zero-order chi connectivity index (χ0) is 12.5. The minimum absolute atomic E-state index is 0.0731. The highest BCUT2D eigenvalue weighted by molar-refractivity contribution is 7.92. The molecule has 2 aromatic rings. The van der Waals surface area contributed by atoms with Crippen LogP contribution in [-0.4, -0.2) is 18.4 Å². The van der Waals surface area contributed by atoms with E-state index in [9.17, 15) is 8.42 Å². The van der Waals surface area contributed by atoms with Crippen LogP contribution in [0.1, 0.15) is 16.4 Å². The molecule has 0 aliphatic rings. The predicted molar refractivity (Wildman–Crippen MR) is 66.7 cm³/mol. The molecular formula is C11H12N2O2S2. The van der Waals surface area contributed by atoms with Gasteiger partial charge < -0.3 is 0 Å². The van der Waals surface area contributed by atoms with Crippen molar-refractivity contribution in [2.75, 3.05) is 0 Å². The summed E-state index contributed by atoms with van der Waals surface area (Å²) in [6.45, 7) is 3.63. The van der Waals surface area contributed by atoms with Crippen molar-refractivity contribution in [3.63, 3.8) is 0 Å². The van der Waals surface area contributed by atoms with Crippen molar-refractivity contribution in [2.45, 2.75) is 23.8 Å². The van der Waals surface area contributed by atoms with Gasteiger partial charge in [-0.1, -0.05) is 0 Å². The van der Waals surface area contributed by atoms with Gasteiger partial charge in [-0.15, -0.1) is 11.3 Å². The van der Waals surface area contributed by atoms with E-state index in [4.69, 9.17) is 0 Å². The Balaban J connectivity index is 2.29. The van der Waals surface area contributed by atoms with Crippen molar-refractivity contribution >= 4 is 21.2 Å². The Morgan fingerprint density at radius 2 is 2.00 bits per heavy atom. The summed E-state index contributed by atoms with van der Waals surface area (Å²) in [4.78, 5) is 9.04. The van der Waals surface area contributed by atoms with Crippen LogP contribution in [-0.2, 0) is 15.6 Å². The van der Waals surface area contributed by atoms with E-state index in [1.807, 2.05) is 13.0 Å². The fourth-order valence-corrected chi connectivity index (χ4v) is 4.07. The lowest BCUT2D eigenvalue weighted by Crippen LogP contribution is -2.05. The minimum Gasteiger partial charge on any atom is -0.242 e. The summed E-state index contributed by atoms with van der Waals surface area (Å²) in [5.74, 6) is 0.510. The largest absolute Gasteiger partial charge is 0.242 e. The first kappa shape index (κ1) is 12.2. The molecule has 0 saturated heterocycles. The molecule has 0 unspecified atom stereocenters. The predicted octanol–water partition coefficient (Wildman–Crippen LogP) is 2.13. The summed E-state index contributed by atoms with van der Waals surface area (Å²) < 4.78 is 24.5. The first-order chi connectivity index (χ1) is 7.97. The van der Waals surface area contributed by atoms with Gasteiger partial charge in [0.1, 0.15) is 10.0 Å². The van der Waals surface area contributed by atoms with E-state index < -0.39 is 9.84 Å². The molecule has 0 aromatic carbocycles. The molecule has 0 fully saturated rings. The summed E-state index contributed by atoms with van der Waals surface area (Å²) >= 11 is 1.29. The molecule has 0 amide bonds. The van der Waals surface area contributed by atoms with Gasteiger partial charge in [0.2, 0.25) is 0 Å². The van der Waals surface area contributed by atoms with Crippen LogP contribution in [0.25, 0.3) is 0 Å². The quantitative estimate of drug-likeness (QED) is 0.855. The second kappa shape index (κ2) is 4.54. The Labute approximate surface area is 104 Å². The highest BCUT2D eigenvalue weighted by Gasteiger charge is 2.18. The molecule has 0 aliphatic heterocycles. The van der Waals surface area contributed by atoms with E-state index >= 15 is 0 Å². The van der Waals surface area contributed by atoms with Crippen LogP contribution in [0.15, 0.2) is 28.6 Å². The molecule has 2 heterocycles. The average Bonchev–Trinajstić information content (AvgIpc) is 2.65. The van der Waals surface area contributed by atoms with E-state index in [0.717, 1.165) is 4.88 Å². The maximum absolute atomic E-state index is 12.1. The van der Waals surface area contributed by atoms with Crippen molar-refractivity contribution in [1.29, 1.82) is 0 Å². The monoisotopic (exact) mass is 268 g/mol. The van der Waals surface area contributed by atoms with E-state index in [0.29, 0.717) is 15.7 Å². The number of hydrogen-bond acceptors (Lipinski definition) is 5. The highest BCUT2D eigenvalue weighted by atomic mass is 32.2. The lowest BCUT2D eigenvalue weighted by molar-refractivity contribution is 0.596. The molecule has 2 rings (SSSR count). The molecule has 4 nitrogen and oxygen atoms in total. The molecule has 2 aromatic heterocycles. The van der Waals surface area contributed by atoms with Crippen LogP contribution in [0.5, 0.6) is 0 Å². The second-order valence-electron chi connectivity index (χ2n) is 3.72. The number of aryl methyl sites for hydroxylation is 2. The standard InChI is InChI=1S/C11H12N2O2S2/c1-8-3-4-11(16-8)17(14,15)7-10-5-6-12-9(2)13-10/h3-6H,7H2,1-2H3. The first-order valence-corrected chi connectivity index (χ1v) is 7.52. The normalized spacial score (nSPS) is 11.6. The summed E-state index contributed by atoms with van der Waals surface area (Å²) in [5.41, 5.74) is 0.531. The maximum atomic E-state index is 12.1. The Bertz CT molecular complexity index is 632. The average molecular weight is 268 g/mol. The Kier molecular flexibility index (Phi) is 3.26. The molecule has 0 aliphatic carbocycles. The van der Waals surface area contributed by atoms with Gasteiger partial charge in [-0.2, -0.15) is 0 Å². The molecule has 90 valence electrons. The fourth-order valence-electron chi connectivity index (χ4n) is 1.43. The van der Waals surface area contributed by atoms with Crippen LogP contribution in [0.3, 0.4) is 0 Å². The van der Waals surface area contributed by atoms with Crippen molar-refractivity contribution in [1.82, 2.24) is 9.97 Å². The van der Waals surface area contributed by atoms with Crippen molar-refractivity contribution in [2.24, 2.45) is 0 Å². The van der Waals surface area contributed by atoms with Gasteiger partial charge in [0.05, 0.1) is 11.4 Å². The van der Waals surface area contributed by atoms with Gasteiger partial charge in [0.15, 0.2) is 9.84 Å². The number of rotatable bonds is 3. The smallest absolute Gasteiger partial charge is 0.193 e. The lowest BCUT2D eigenvalue weighted by Gasteiger charge is -2.01. The van der Waals surface area contributed by atoms with Gasteiger partial charge in [-0.05, 0) is 32.0 Å². The van der Waals surface area contributed by atoms with Crippen molar-refractivity contribution in [3.05, 3.63) is 40.8 Å². The number of thiophene rings is 1. The van der Waals surface area contributed by atoms with Crippen LogP contribution in [0.4, 0.5) is 0 Å². The summed E-state index contributed by atoms with van der Waals surface area (Å²) in [5, 5.41) is 0. The van der Waals surface area contributed by atoms with E-state index in [2.05, 4.69) is 9.97 Å². The zero-order valence-electron chi connectivity index (χ0n) is 9.54. The number of sulfone groups is 1. The van der Waals surface area contributed by atoms with Gasteiger partial charge >= 0.3 is 0 Å². The highest BCUT2D eigenvalue weighted by Crippen LogP contribution is 2.23. The van der Waals surface area contributed by atoms with Crippen LogP contribution in [0.2, 0.25) is 0 Å². The topological polar surface area (TPSA) is 59.9 Å². The van der Waals surface area contributed by atoms with Crippen molar-refractivity contribution in [3.8, 4) is 0 Å². The Hall–Kier alpha value is -1.27. The van der Waals surface area contributed by atoms with E-state index in [-0.39, 0.29) is 5.75 Å². The fraction of sp³-hybridized carbons (Fsp3) is 0.273.